The minimum absolute atomic E-state index is 0.0256. The fraction of sp³-hybridized carbons (Fsp3) is 0.792. The fourth-order valence-corrected chi connectivity index (χ4v) is 5.80. The van der Waals surface area contributed by atoms with E-state index < -0.39 is 17.8 Å². The molecule has 0 radical (unpaired) electrons. The molecule has 3 fully saturated rings. The van der Waals surface area contributed by atoms with Crippen molar-refractivity contribution in [2.45, 2.75) is 96.2 Å². The molecular weight excluding hydrogens is 368 g/mol. The molecule has 1 aliphatic carbocycles. The quantitative estimate of drug-likeness (QED) is 0.549. The molecule has 2 aliphatic heterocycles. The smallest absolute Gasteiger partial charge is 0.306 e. The number of aliphatic hydroxyl groups is 2. The van der Waals surface area contributed by atoms with Gasteiger partial charge in [-0.2, -0.15) is 0 Å². The summed E-state index contributed by atoms with van der Waals surface area (Å²) in [4.78, 5) is 12.5. The summed E-state index contributed by atoms with van der Waals surface area (Å²) in [5.41, 5.74) is 0.725. The van der Waals surface area contributed by atoms with E-state index >= 15 is 0 Å². The zero-order valence-corrected chi connectivity index (χ0v) is 18.4. The number of rotatable bonds is 4. The average molecular weight is 407 g/mol. The normalized spacial score (nSPS) is 42.8. The monoisotopic (exact) mass is 406 g/mol. The zero-order chi connectivity index (χ0) is 21.5. The van der Waals surface area contributed by atoms with Gasteiger partial charge in [-0.05, 0) is 62.0 Å². The first-order valence-electron chi connectivity index (χ1n) is 11.2. The summed E-state index contributed by atoms with van der Waals surface area (Å²) in [6.07, 6.45) is 1.61. The zero-order valence-electron chi connectivity index (χ0n) is 18.4. The highest BCUT2D eigenvalue weighted by atomic mass is 16.6. The number of hydrogen-bond acceptors (Lipinski definition) is 5. The molecule has 2 bridgehead atoms. The lowest BCUT2D eigenvalue weighted by Crippen LogP contribution is -2.52. The van der Waals surface area contributed by atoms with Gasteiger partial charge in [0.2, 0.25) is 0 Å². The van der Waals surface area contributed by atoms with E-state index in [0.717, 1.165) is 17.6 Å². The van der Waals surface area contributed by atoms with Gasteiger partial charge in [0.1, 0.15) is 11.7 Å². The molecule has 164 valence electrons. The molecule has 2 heterocycles. The van der Waals surface area contributed by atoms with Crippen LogP contribution < -0.4 is 0 Å². The Balaban J connectivity index is 2.04. The first-order valence-corrected chi connectivity index (χ1v) is 11.2. The lowest BCUT2D eigenvalue weighted by Gasteiger charge is -2.46. The first-order chi connectivity index (χ1) is 13.6. The number of fused-ring (bicyclic) bond motifs is 5. The number of carbonyl (C=O) groups excluding carboxylic acids is 1. The van der Waals surface area contributed by atoms with Crippen molar-refractivity contribution in [1.82, 2.24) is 0 Å². The Morgan fingerprint density at radius 3 is 2.62 bits per heavy atom. The second-order valence-electron chi connectivity index (χ2n) is 9.89. The lowest BCUT2D eigenvalue weighted by atomic mass is 9.60. The third-order valence-electron chi connectivity index (χ3n) is 7.44. The molecule has 3 aliphatic rings. The van der Waals surface area contributed by atoms with Crippen LogP contribution in [-0.2, 0) is 14.3 Å². The van der Waals surface area contributed by atoms with Gasteiger partial charge in [-0.1, -0.05) is 33.9 Å². The van der Waals surface area contributed by atoms with Crippen LogP contribution in [-0.4, -0.2) is 46.2 Å². The van der Waals surface area contributed by atoms with Crippen molar-refractivity contribution in [3.8, 4) is 0 Å². The summed E-state index contributed by atoms with van der Waals surface area (Å²) in [5.74, 6) is 0.488. The summed E-state index contributed by atoms with van der Waals surface area (Å²) in [7, 11) is 0. The van der Waals surface area contributed by atoms with Gasteiger partial charge in [0.05, 0.1) is 18.3 Å². The van der Waals surface area contributed by atoms with E-state index in [4.69, 9.17) is 9.47 Å². The van der Waals surface area contributed by atoms with Gasteiger partial charge in [-0.25, -0.2) is 0 Å². The van der Waals surface area contributed by atoms with Gasteiger partial charge >= 0.3 is 5.97 Å². The molecule has 0 aromatic heterocycles. The largest absolute Gasteiger partial charge is 0.457 e. The van der Waals surface area contributed by atoms with Gasteiger partial charge in [-0.15, -0.1) is 0 Å². The van der Waals surface area contributed by atoms with Crippen LogP contribution in [0.25, 0.3) is 0 Å². The Hall–Kier alpha value is -1.17. The van der Waals surface area contributed by atoms with E-state index in [1.807, 2.05) is 13.8 Å². The minimum atomic E-state index is -0.828. The van der Waals surface area contributed by atoms with Gasteiger partial charge in [0.25, 0.3) is 0 Å². The molecule has 0 aromatic rings. The molecule has 5 heteroatoms. The van der Waals surface area contributed by atoms with Crippen LogP contribution in [0.3, 0.4) is 0 Å². The SMILES string of the molecule is C=C1C[C@@H]2O[C@@H]([C@H]3[C@@H]2C(=C)[C@@H](O)C[C@@H]3C(C)C)[C@](C)(OC(=O)CCC)CC[C@@H]1O. The highest BCUT2D eigenvalue weighted by Gasteiger charge is 2.60. The highest BCUT2D eigenvalue weighted by Crippen LogP contribution is 2.55. The summed E-state index contributed by atoms with van der Waals surface area (Å²) in [6.45, 7) is 16.6. The Kier molecular flexibility index (Phi) is 6.62. The van der Waals surface area contributed by atoms with E-state index in [1.54, 1.807) is 0 Å². The predicted octanol–water partition coefficient (Wildman–Crippen LogP) is 3.78. The lowest BCUT2D eigenvalue weighted by molar-refractivity contribution is -0.182. The molecule has 3 rings (SSSR count). The van der Waals surface area contributed by atoms with Crippen LogP contribution in [0.4, 0.5) is 0 Å². The van der Waals surface area contributed by atoms with Gasteiger partial charge < -0.3 is 19.7 Å². The minimum Gasteiger partial charge on any atom is -0.457 e. The van der Waals surface area contributed by atoms with Crippen LogP contribution in [0, 0.1) is 23.7 Å². The second-order valence-corrected chi connectivity index (χ2v) is 9.89. The topological polar surface area (TPSA) is 76.0 Å². The maximum Gasteiger partial charge on any atom is 0.306 e. The molecule has 8 atom stereocenters. The molecule has 0 amide bonds. The van der Waals surface area contributed by atoms with E-state index in [2.05, 4.69) is 27.0 Å². The Bertz CT molecular complexity index is 656. The maximum atomic E-state index is 12.5. The van der Waals surface area contributed by atoms with Gasteiger partial charge in [0.15, 0.2) is 0 Å². The Morgan fingerprint density at radius 2 is 2.00 bits per heavy atom. The molecule has 1 saturated carbocycles. The molecular formula is C24H38O5. The van der Waals surface area contributed by atoms with E-state index in [-0.39, 0.29) is 35.9 Å². The van der Waals surface area contributed by atoms with Gasteiger partial charge in [-0.3, -0.25) is 4.79 Å². The molecule has 0 aromatic carbocycles. The average Bonchev–Trinajstić information content (AvgIpc) is 3.03. The standard InChI is InChI=1S/C24H38O5/c1-7-8-20(27)29-24(6)10-9-17(25)14(4)11-19-21-15(5)18(26)12-16(13(2)3)22(21)23(24)28-19/h13,16-19,21-23,25-26H,4-5,7-12H2,1-3,6H3/t16-,17+,18+,19+,21-,22-,23+,24-/m1/s1. The fourth-order valence-electron chi connectivity index (χ4n) is 5.80. The Labute approximate surface area is 175 Å². The summed E-state index contributed by atoms with van der Waals surface area (Å²) in [6, 6.07) is 0. The third-order valence-corrected chi connectivity index (χ3v) is 7.44. The number of carbonyl (C=O) groups is 1. The molecule has 5 nitrogen and oxygen atoms in total. The van der Waals surface area contributed by atoms with Crippen molar-refractivity contribution in [2.24, 2.45) is 23.7 Å². The number of ether oxygens (including phenoxy) is 2. The second kappa shape index (κ2) is 8.52. The molecule has 2 saturated heterocycles. The van der Waals surface area contributed by atoms with Gasteiger partial charge in [0, 0.05) is 18.3 Å². The van der Waals surface area contributed by atoms with Crippen molar-refractivity contribution >= 4 is 5.97 Å². The third kappa shape index (κ3) is 4.19. The van der Waals surface area contributed by atoms with Crippen molar-refractivity contribution in [3.63, 3.8) is 0 Å². The van der Waals surface area contributed by atoms with Crippen LogP contribution in [0.15, 0.2) is 24.3 Å². The molecule has 29 heavy (non-hydrogen) atoms. The number of aliphatic hydroxyl groups excluding tert-OH is 2. The summed E-state index contributed by atoms with van der Waals surface area (Å²) in [5, 5.41) is 21.3. The summed E-state index contributed by atoms with van der Waals surface area (Å²) < 4.78 is 12.7. The maximum absolute atomic E-state index is 12.5. The van der Waals surface area contributed by atoms with Crippen LogP contribution in [0.5, 0.6) is 0 Å². The van der Waals surface area contributed by atoms with Crippen LogP contribution in [0.1, 0.15) is 66.2 Å². The Morgan fingerprint density at radius 1 is 1.31 bits per heavy atom. The highest BCUT2D eigenvalue weighted by molar-refractivity contribution is 5.69. The van der Waals surface area contributed by atoms with Crippen molar-refractivity contribution in [2.75, 3.05) is 0 Å². The molecule has 0 unspecified atom stereocenters. The van der Waals surface area contributed by atoms with E-state index in [1.165, 1.54) is 0 Å². The first kappa shape index (κ1) is 22.5. The van der Waals surface area contributed by atoms with Crippen molar-refractivity contribution in [1.29, 1.82) is 0 Å². The van der Waals surface area contributed by atoms with E-state index in [9.17, 15) is 15.0 Å². The van der Waals surface area contributed by atoms with Crippen molar-refractivity contribution < 1.29 is 24.5 Å². The van der Waals surface area contributed by atoms with Crippen LogP contribution >= 0.6 is 0 Å². The van der Waals surface area contributed by atoms with Crippen molar-refractivity contribution in [3.05, 3.63) is 24.3 Å². The molecule has 0 spiro atoms. The summed E-state index contributed by atoms with van der Waals surface area (Å²) >= 11 is 0. The van der Waals surface area contributed by atoms with Crippen LogP contribution in [0.2, 0.25) is 0 Å². The molecule has 2 N–H and O–H groups in total. The predicted molar refractivity (Wildman–Crippen MR) is 112 cm³/mol. The number of hydrogen-bond donors (Lipinski definition) is 2. The van der Waals surface area contributed by atoms with E-state index in [0.29, 0.717) is 38.0 Å². The number of esters is 1.